The van der Waals surface area contributed by atoms with Crippen LogP contribution in [0.2, 0.25) is 0 Å². The van der Waals surface area contributed by atoms with E-state index < -0.39 is 0 Å². The van der Waals surface area contributed by atoms with E-state index in [0.717, 1.165) is 57.0 Å². The largest absolute Gasteiger partial charge is 0.377 e. The van der Waals surface area contributed by atoms with Crippen LogP contribution in [0, 0.1) is 6.92 Å². The molecule has 1 N–H and O–H groups in total. The lowest BCUT2D eigenvalue weighted by Crippen LogP contribution is -2.39. The van der Waals surface area contributed by atoms with E-state index in [9.17, 15) is 4.79 Å². The van der Waals surface area contributed by atoms with Gasteiger partial charge < -0.3 is 15.0 Å². The lowest BCUT2D eigenvalue weighted by atomic mass is 10.2. The first-order chi connectivity index (χ1) is 11.2. The van der Waals surface area contributed by atoms with Gasteiger partial charge in [0.1, 0.15) is 0 Å². The first kappa shape index (κ1) is 16.3. The van der Waals surface area contributed by atoms with Crippen molar-refractivity contribution in [3.63, 3.8) is 0 Å². The maximum atomic E-state index is 12.5. The molecule has 5 heteroatoms. The number of anilines is 1. The summed E-state index contributed by atoms with van der Waals surface area (Å²) < 4.78 is 5.73. The molecular formula is C18H27N3O2. The van der Waals surface area contributed by atoms with Crippen LogP contribution in [0.4, 0.5) is 10.5 Å². The molecule has 0 radical (unpaired) electrons. The van der Waals surface area contributed by atoms with Crippen LogP contribution in [0.1, 0.15) is 24.8 Å². The van der Waals surface area contributed by atoms with Crippen LogP contribution < -0.4 is 5.32 Å². The number of urea groups is 1. The molecule has 0 saturated carbocycles. The van der Waals surface area contributed by atoms with Crippen molar-refractivity contribution in [3.05, 3.63) is 29.8 Å². The third-order valence-corrected chi connectivity index (χ3v) is 4.63. The maximum absolute atomic E-state index is 12.5. The third kappa shape index (κ3) is 4.69. The highest BCUT2D eigenvalue weighted by atomic mass is 16.5. The Balaban J connectivity index is 1.49. The molecule has 23 heavy (non-hydrogen) atoms. The summed E-state index contributed by atoms with van der Waals surface area (Å²) in [6.45, 7) is 7.53. The SMILES string of the molecule is Cc1cccc(NC(=O)N2CCCN(C[C@H]3CCCO3)CC2)c1. The van der Waals surface area contributed by atoms with Gasteiger partial charge in [0.2, 0.25) is 0 Å². The number of benzene rings is 1. The summed E-state index contributed by atoms with van der Waals surface area (Å²) in [5.74, 6) is 0. The van der Waals surface area contributed by atoms with Crippen molar-refractivity contribution in [1.82, 2.24) is 9.80 Å². The second-order valence-corrected chi connectivity index (χ2v) is 6.58. The van der Waals surface area contributed by atoms with Crippen LogP contribution in [0.3, 0.4) is 0 Å². The van der Waals surface area contributed by atoms with Crippen molar-refractivity contribution in [3.8, 4) is 0 Å². The van der Waals surface area contributed by atoms with E-state index in [1.54, 1.807) is 0 Å². The van der Waals surface area contributed by atoms with Crippen LogP contribution in [-0.4, -0.2) is 61.3 Å². The molecule has 2 heterocycles. The molecule has 3 rings (SSSR count). The van der Waals surface area contributed by atoms with Gasteiger partial charge in [-0.25, -0.2) is 4.79 Å². The van der Waals surface area contributed by atoms with Crippen molar-refractivity contribution in [1.29, 1.82) is 0 Å². The zero-order valence-corrected chi connectivity index (χ0v) is 14.0. The minimum atomic E-state index is 0.00886. The van der Waals surface area contributed by atoms with Crippen LogP contribution in [0.15, 0.2) is 24.3 Å². The van der Waals surface area contributed by atoms with E-state index in [0.29, 0.717) is 6.10 Å². The molecule has 5 nitrogen and oxygen atoms in total. The second-order valence-electron chi connectivity index (χ2n) is 6.58. The van der Waals surface area contributed by atoms with Gasteiger partial charge in [0.25, 0.3) is 0 Å². The Morgan fingerprint density at radius 2 is 2.17 bits per heavy atom. The number of rotatable bonds is 3. The molecule has 0 aliphatic carbocycles. The normalized spacial score (nSPS) is 22.8. The lowest BCUT2D eigenvalue weighted by molar-refractivity contribution is 0.0747. The van der Waals surface area contributed by atoms with Crippen LogP contribution in [-0.2, 0) is 4.74 Å². The Morgan fingerprint density at radius 1 is 1.26 bits per heavy atom. The molecule has 2 saturated heterocycles. The number of ether oxygens (including phenoxy) is 1. The molecule has 1 atom stereocenters. The Hall–Kier alpha value is -1.59. The molecule has 0 spiro atoms. The third-order valence-electron chi connectivity index (χ3n) is 4.63. The molecule has 2 aliphatic heterocycles. The Morgan fingerprint density at radius 3 is 2.96 bits per heavy atom. The lowest BCUT2D eigenvalue weighted by Gasteiger charge is -2.24. The van der Waals surface area contributed by atoms with Gasteiger partial charge in [-0.2, -0.15) is 0 Å². The number of carbonyl (C=O) groups is 1. The van der Waals surface area contributed by atoms with E-state index in [1.165, 1.54) is 12.8 Å². The maximum Gasteiger partial charge on any atom is 0.321 e. The highest BCUT2D eigenvalue weighted by Crippen LogP contribution is 2.15. The monoisotopic (exact) mass is 317 g/mol. The predicted molar refractivity (Wildman–Crippen MR) is 91.8 cm³/mol. The molecule has 2 fully saturated rings. The number of hydrogen-bond acceptors (Lipinski definition) is 3. The zero-order valence-electron chi connectivity index (χ0n) is 14.0. The topological polar surface area (TPSA) is 44.8 Å². The number of aryl methyl sites for hydroxylation is 1. The van der Waals surface area contributed by atoms with Gasteiger partial charge in [0, 0.05) is 38.5 Å². The summed E-state index contributed by atoms with van der Waals surface area (Å²) in [6, 6.07) is 7.95. The fraction of sp³-hybridized carbons (Fsp3) is 0.611. The van der Waals surface area contributed by atoms with Crippen molar-refractivity contribution in [2.24, 2.45) is 0 Å². The van der Waals surface area contributed by atoms with Gasteiger partial charge in [-0.1, -0.05) is 12.1 Å². The highest BCUT2D eigenvalue weighted by Gasteiger charge is 2.23. The minimum Gasteiger partial charge on any atom is -0.377 e. The Labute approximate surface area is 138 Å². The molecule has 2 amide bonds. The van der Waals surface area contributed by atoms with Gasteiger partial charge in [0.05, 0.1) is 6.10 Å². The van der Waals surface area contributed by atoms with E-state index in [4.69, 9.17) is 4.74 Å². The molecule has 1 aromatic rings. The number of carbonyl (C=O) groups excluding carboxylic acids is 1. The molecule has 0 aromatic heterocycles. The van der Waals surface area contributed by atoms with Crippen LogP contribution in [0.5, 0.6) is 0 Å². The second kappa shape index (κ2) is 7.79. The molecule has 1 aromatic carbocycles. The summed E-state index contributed by atoms with van der Waals surface area (Å²) in [4.78, 5) is 16.8. The van der Waals surface area contributed by atoms with Crippen LogP contribution >= 0.6 is 0 Å². The molecular weight excluding hydrogens is 290 g/mol. The van der Waals surface area contributed by atoms with Gasteiger partial charge in [0.15, 0.2) is 0 Å². The molecule has 0 unspecified atom stereocenters. The first-order valence-electron chi connectivity index (χ1n) is 8.67. The van der Waals surface area contributed by atoms with Crippen LogP contribution in [0.25, 0.3) is 0 Å². The predicted octanol–water partition coefficient (Wildman–Crippen LogP) is 2.71. The number of amides is 2. The number of nitrogens with zero attached hydrogens (tertiary/aromatic N) is 2. The summed E-state index contributed by atoms with van der Waals surface area (Å²) in [7, 11) is 0. The van der Waals surface area contributed by atoms with Crippen molar-refractivity contribution < 1.29 is 9.53 Å². The highest BCUT2D eigenvalue weighted by molar-refractivity contribution is 5.89. The quantitative estimate of drug-likeness (QED) is 0.932. The smallest absolute Gasteiger partial charge is 0.321 e. The Kier molecular flexibility index (Phi) is 5.51. The minimum absolute atomic E-state index is 0.00886. The average molecular weight is 317 g/mol. The number of nitrogens with one attached hydrogen (secondary N) is 1. The fourth-order valence-corrected chi connectivity index (χ4v) is 3.36. The number of hydrogen-bond donors (Lipinski definition) is 1. The van der Waals surface area contributed by atoms with Crippen molar-refractivity contribution >= 4 is 11.7 Å². The van der Waals surface area contributed by atoms with E-state index >= 15 is 0 Å². The summed E-state index contributed by atoms with van der Waals surface area (Å²) >= 11 is 0. The van der Waals surface area contributed by atoms with Gasteiger partial charge in [-0.3, -0.25) is 4.90 Å². The van der Waals surface area contributed by atoms with Crippen molar-refractivity contribution in [2.75, 3.05) is 44.6 Å². The van der Waals surface area contributed by atoms with E-state index in [2.05, 4.69) is 10.2 Å². The molecule has 0 bridgehead atoms. The van der Waals surface area contributed by atoms with Gasteiger partial charge >= 0.3 is 6.03 Å². The summed E-state index contributed by atoms with van der Waals surface area (Å²) in [5.41, 5.74) is 2.02. The zero-order chi connectivity index (χ0) is 16.1. The summed E-state index contributed by atoms with van der Waals surface area (Å²) in [6.07, 6.45) is 3.77. The first-order valence-corrected chi connectivity index (χ1v) is 8.67. The van der Waals surface area contributed by atoms with Gasteiger partial charge in [-0.05, 0) is 50.4 Å². The molecule has 126 valence electrons. The standard InChI is InChI=1S/C18H27N3O2/c1-15-5-2-6-16(13-15)19-18(22)21-9-4-8-20(10-11-21)14-17-7-3-12-23-17/h2,5-6,13,17H,3-4,7-12,14H2,1H3,(H,19,22)/t17-/m1/s1. The Bertz CT molecular complexity index is 529. The summed E-state index contributed by atoms with van der Waals surface area (Å²) in [5, 5.41) is 3.01. The van der Waals surface area contributed by atoms with E-state index in [1.807, 2.05) is 36.1 Å². The fourth-order valence-electron chi connectivity index (χ4n) is 3.36. The average Bonchev–Trinajstić information content (AvgIpc) is 2.91. The van der Waals surface area contributed by atoms with Crippen molar-refractivity contribution in [2.45, 2.75) is 32.3 Å². The van der Waals surface area contributed by atoms with E-state index in [-0.39, 0.29) is 6.03 Å². The molecule has 2 aliphatic rings. The van der Waals surface area contributed by atoms with Gasteiger partial charge in [-0.15, -0.1) is 0 Å².